The number of rotatable bonds is 6. The summed E-state index contributed by atoms with van der Waals surface area (Å²) in [6.45, 7) is 4.02. The number of methoxy groups -OCH3 is 1. The van der Waals surface area contributed by atoms with Crippen LogP contribution in [0.3, 0.4) is 0 Å². The fourth-order valence-electron chi connectivity index (χ4n) is 2.88. The van der Waals surface area contributed by atoms with Crippen LogP contribution in [0.5, 0.6) is 0 Å². The van der Waals surface area contributed by atoms with Gasteiger partial charge in [0.05, 0.1) is 19.8 Å². The van der Waals surface area contributed by atoms with Crippen molar-refractivity contribution in [2.75, 3.05) is 7.11 Å². The third-order valence-corrected chi connectivity index (χ3v) is 4.17. The van der Waals surface area contributed by atoms with Crippen molar-refractivity contribution in [2.45, 2.75) is 18.8 Å². The minimum absolute atomic E-state index is 0.0147. The maximum Gasteiger partial charge on any atom is 0.354 e. The van der Waals surface area contributed by atoms with Crippen LogP contribution in [0.15, 0.2) is 72.9 Å². The number of esters is 1. The summed E-state index contributed by atoms with van der Waals surface area (Å²) in [5, 5.41) is 0. The van der Waals surface area contributed by atoms with E-state index in [1.54, 1.807) is 0 Å². The third kappa shape index (κ3) is 3.32. The summed E-state index contributed by atoms with van der Waals surface area (Å²) in [5.41, 5.74) is 1.87. The maximum atomic E-state index is 12.6. The van der Waals surface area contributed by atoms with E-state index in [0.717, 1.165) is 11.1 Å². The highest BCUT2D eigenvalue weighted by atomic mass is 16.5. The number of benzene rings is 2. The Labute approximate surface area is 146 Å². The summed E-state index contributed by atoms with van der Waals surface area (Å²) in [5.74, 6) is -0.920. The zero-order chi connectivity index (χ0) is 17.8. The lowest BCUT2D eigenvalue weighted by atomic mass is 9.90. The van der Waals surface area contributed by atoms with Crippen molar-refractivity contribution in [1.29, 1.82) is 0 Å². The topological polar surface area (TPSA) is 55.8 Å². The molecule has 3 rings (SSSR count). The van der Waals surface area contributed by atoms with E-state index in [1.807, 2.05) is 60.7 Å². The number of amides is 1. The van der Waals surface area contributed by atoms with Gasteiger partial charge in [-0.15, -0.1) is 0 Å². The van der Waals surface area contributed by atoms with E-state index in [-0.39, 0.29) is 11.6 Å². The van der Waals surface area contributed by atoms with Crippen LogP contribution in [-0.2, 0) is 25.7 Å². The van der Waals surface area contributed by atoms with Crippen LogP contribution in [0.25, 0.3) is 0 Å². The molecule has 0 N–H and O–H groups in total. The molecule has 1 fully saturated rings. The van der Waals surface area contributed by atoms with Gasteiger partial charge in [-0.05, 0) is 11.1 Å². The number of hydrogen-bond acceptors (Lipinski definition) is 4. The molecule has 128 valence electrons. The number of ether oxygens (including phenoxy) is 2. The van der Waals surface area contributed by atoms with Crippen molar-refractivity contribution in [1.82, 2.24) is 4.90 Å². The van der Waals surface area contributed by atoms with Gasteiger partial charge in [0.15, 0.2) is 6.10 Å². The van der Waals surface area contributed by atoms with Crippen LogP contribution < -0.4 is 0 Å². The highest BCUT2D eigenvalue weighted by molar-refractivity contribution is 5.99. The first-order chi connectivity index (χ1) is 12.1. The number of carbonyl (C=O) groups is 2. The molecule has 0 bridgehead atoms. The van der Waals surface area contributed by atoms with Crippen LogP contribution in [0.1, 0.15) is 17.2 Å². The molecule has 0 radical (unpaired) electrons. The molecule has 0 unspecified atom stereocenters. The second kappa shape index (κ2) is 7.32. The van der Waals surface area contributed by atoms with Gasteiger partial charge in [-0.2, -0.15) is 0 Å². The molecular formula is C20H19NO4. The molecule has 0 saturated carbocycles. The Morgan fingerprint density at radius 1 is 1.08 bits per heavy atom. The van der Waals surface area contributed by atoms with Crippen molar-refractivity contribution in [2.24, 2.45) is 0 Å². The number of carbonyl (C=O) groups excluding carboxylic acids is 2. The summed E-state index contributed by atoms with van der Waals surface area (Å²) < 4.78 is 10.5. The molecule has 25 heavy (non-hydrogen) atoms. The average Bonchev–Trinajstić information content (AvgIpc) is 2.66. The van der Waals surface area contributed by atoms with E-state index >= 15 is 0 Å². The highest BCUT2D eigenvalue weighted by Crippen LogP contribution is 2.40. The first kappa shape index (κ1) is 16.9. The Kier molecular flexibility index (Phi) is 4.95. The third-order valence-electron chi connectivity index (χ3n) is 4.17. The Morgan fingerprint density at radius 3 is 2.28 bits per heavy atom. The first-order valence-corrected chi connectivity index (χ1v) is 7.94. The van der Waals surface area contributed by atoms with E-state index in [0.29, 0.717) is 6.61 Å². The quantitative estimate of drug-likeness (QED) is 0.462. The van der Waals surface area contributed by atoms with Crippen molar-refractivity contribution < 1.29 is 19.1 Å². The van der Waals surface area contributed by atoms with Crippen LogP contribution >= 0.6 is 0 Å². The summed E-state index contributed by atoms with van der Waals surface area (Å²) in [7, 11) is 1.26. The van der Waals surface area contributed by atoms with E-state index < -0.39 is 18.1 Å². The summed E-state index contributed by atoms with van der Waals surface area (Å²) in [6, 6.07) is 18.7. The second-order valence-corrected chi connectivity index (χ2v) is 5.72. The van der Waals surface area contributed by atoms with E-state index in [2.05, 4.69) is 6.58 Å². The van der Waals surface area contributed by atoms with Gasteiger partial charge >= 0.3 is 5.97 Å². The van der Waals surface area contributed by atoms with Gasteiger partial charge in [0.1, 0.15) is 5.70 Å². The Morgan fingerprint density at radius 2 is 1.68 bits per heavy atom. The van der Waals surface area contributed by atoms with Gasteiger partial charge in [-0.25, -0.2) is 4.79 Å². The number of hydrogen-bond donors (Lipinski definition) is 0. The molecular weight excluding hydrogens is 318 g/mol. The number of likely N-dealkylation sites (tertiary alicyclic amines) is 1. The summed E-state index contributed by atoms with van der Waals surface area (Å²) >= 11 is 0. The Bertz CT molecular complexity index is 773. The molecule has 0 spiro atoms. The molecule has 2 aromatic rings. The largest absolute Gasteiger partial charge is 0.464 e. The lowest BCUT2D eigenvalue weighted by Gasteiger charge is -2.46. The average molecular weight is 337 g/mol. The number of nitrogens with zero attached hydrogens (tertiary/aromatic N) is 1. The minimum Gasteiger partial charge on any atom is -0.464 e. The smallest absolute Gasteiger partial charge is 0.354 e. The molecule has 1 saturated heterocycles. The predicted molar refractivity (Wildman–Crippen MR) is 92.2 cm³/mol. The molecule has 0 aliphatic carbocycles. The predicted octanol–water partition coefficient (Wildman–Crippen LogP) is 2.84. The molecule has 5 heteroatoms. The molecule has 1 heterocycles. The maximum absolute atomic E-state index is 12.6. The van der Waals surface area contributed by atoms with E-state index in [4.69, 9.17) is 9.47 Å². The van der Waals surface area contributed by atoms with Gasteiger partial charge in [0, 0.05) is 0 Å². The van der Waals surface area contributed by atoms with Crippen LogP contribution in [-0.4, -0.2) is 30.0 Å². The van der Waals surface area contributed by atoms with Gasteiger partial charge in [0.25, 0.3) is 5.91 Å². The van der Waals surface area contributed by atoms with Crippen LogP contribution in [0.4, 0.5) is 0 Å². The zero-order valence-corrected chi connectivity index (χ0v) is 13.9. The molecule has 1 amide bonds. The molecule has 1 aliphatic heterocycles. The van der Waals surface area contributed by atoms with Gasteiger partial charge in [-0.1, -0.05) is 67.2 Å². The lowest BCUT2D eigenvalue weighted by Crippen LogP contribution is -2.59. The van der Waals surface area contributed by atoms with Gasteiger partial charge in [-0.3, -0.25) is 9.69 Å². The van der Waals surface area contributed by atoms with Crippen LogP contribution in [0, 0.1) is 0 Å². The second-order valence-electron chi connectivity index (χ2n) is 5.72. The van der Waals surface area contributed by atoms with E-state index in [1.165, 1.54) is 12.0 Å². The normalized spacial score (nSPS) is 19.2. The molecule has 2 atom stereocenters. The van der Waals surface area contributed by atoms with Crippen molar-refractivity contribution in [3.05, 3.63) is 84.1 Å². The summed E-state index contributed by atoms with van der Waals surface area (Å²) in [6.07, 6.45) is -0.663. The highest BCUT2D eigenvalue weighted by Gasteiger charge is 2.51. The van der Waals surface area contributed by atoms with Crippen molar-refractivity contribution in [3.8, 4) is 0 Å². The van der Waals surface area contributed by atoms with E-state index in [9.17, 15) is 9.59 Å². The standard InChI is InChI=1S/C20H19NO4/c1-14(20(23)24-2)21-17(16-11-7-4-8-12-16)18(19(21)22)25-13-15-9-5-3-6-10-15/h3-12,17-18H,1,13H2,2H3/t17-,18+/m1/s1. The number of β-lactam (4-membered cyclic amide) rings is 1. The fourth-order valence-corrected chi connectivity index (χ4v) is 2.88. The Hall–Kier alpha value is -2.92. The van der Waals surface area contributed by atoms with Gasteiger partial charge < -0.3 is 9.47 Å². The molecule has 2 aromatic carbocycles. The lowest BCUT2D eigenvalue weighted by molar-refractivity contribution is -0.175. The van der Waals surface area contributed by atoms with Crippen molar-refractivity contribution >= 4 is 11.9 Å². The summed E-state index contributed by atoms with van der Waals surface area (Å²) in [4.78, 5) is 25.7. The minimum atomic E-state index is -0.663. The Balaban J connectivity index is 1.81. The fraction of sp³-hybridized carbons (Fsp3) is 0.200. The van der Waals surface area contributed by atoms with Gasteiger partial charge in [0.2, 0.25) is 0 Å². The van der Waals surface area contributed by atoms with Crippen LogP contribution in [0.2, 0.25) is 0 Å². The zero-order valence-electron chi connectivity index (χ0n) is 13.9. The molecule has 0 aromatic heterocycles. The monoisotopic (exact) mass is 337 g/mol. The molecule has 5 nitrogen and oxygen atoms in total. The van der Waals surface area contributed by atoms with Crippen molar-refractivity contribution in [3.63, 3.8) is 0 Å². The first-order valence-electron chi connectivity index (χ1n) is 7.94. The SMILES string of the molecule is C=C(C(=O)OC)N1C(=O)[C@@H](OCc2ccccc2)[C@H]1c1ccccc1. The molecule has 1 aliphatic rings.